The van der Waals surface area contributed by atoms with Gasteiger partial charge in [-0.05, 0) is 6.42 Å². The van der Waals surface area contributed by atoms with E-state index in [1.807, 2.05) is 0 Å². The zero-order valence-corrected chi connectivity index (χ0v) is 14.0. The van der Waals surface area contributed by atoms with Crippen LogP contribution in [0.25, 0.3) is 0 Å². The van der Waals surface area contributed by atoms with Gasteiger partial charge in [0.15, 0.2) is 0 Å². The second kappa shape index (κ2) is 8.66. The maximum Gasteiger partial charge on any atom is 0.405 e. The summed E-state index contributed by atoms with van der Waals surface area (Å²) < 4.78 is 20.9. The minimum Gasteiger partial charge on any atom is -0.396 e. The highest BCUT2D eigenvalue weighted by molar-refractivity contribution is 6.45. The quantitative estimate of drug-likeness (QED) is 0.579. The van der Waals surface area contributed by atoms with E-state index in [9.17, 15) is 4.79 Å². The van der Waals surface area contributed by atoms with Crippen molar-refractivity contribution in [1.82, 2.24) is 9.80 Å². The second-order valence-electron chi connectivity index (χ2n) is 4.04. The summed E-state index contributed by atoms with van der Waals surface area (Å²) in [7, 11) is 3.66. The topological polar surface area (TPSA) is 60.5 Å². The molecule has 1 aliphatic rings. The fourth-order valence-electron chi connectivity index (χ4n) is 1.87. The fraction of sp³-hybridized carbons (Fsp3) is 0.900. The van der Waals surface area contributed by atoms with E-state index in [-0.39, 0.29) is 6.03 Å². The highest BCUT2D eigenvalue weighted by Gasteiger charge is 2.31. The number of hydrogen-bond donors (Lipinski definition) is 0. The van der Waals surface area contributed by atoms with Gasteiger partial charge in [-0.3, -0.25) is 0 Å². The van der Waals surface area contributed by atoms with Crippen LogP contribution in [0.2, 0.25) is 0 Å². The molecular formula is C10H22N2O5Si2. The fourth-order valence-corrected chi connectivity index (χ4v) is 3.93. The molecule has 0 aliphatic carbocycles. The number of carbonyl (C=O) groups is 1. The molecule has 0 unspecified atom stereocenters. The van der Waals surface area contributed by atoms with E-state index in [0.29, 0.717) is 12.3 Å². The second-order valence-corrected chi connectivity index (χ2v) is 7.79. The van der Waals surface area contributed by atoms with Crippen molar-refractivity contribution in [1.29, 1.82) is 0 Å². The van der Waals surface area contributed by atoms with Gasteiger partial charge in [-0.1, -0.05) is 0 Å². The first kappa shape index (κ1) is 16.6. The van der Waals surface area contributed by atoms with Crippen molar-refractivity contribution >= 4 is 24.6 Å². The molecule has 1 saturated heterocycles. The van der Waals surface area contributed by atoms with E-state index < -0.39 is 18.6 Å². The van der Waals surface area contributed by atoms with Crippen LogP contribution in [0.3, 0.4) is 0 Å². The molecule has 0 aromatic carbocycles. The van der Waals surface area contributed by atoms with Gasteiger partial charge < -0.3 is 27.5 Å². The van der Waals surface area contributed by atoms with Crippen LogP contribution in [-0.4, -0.2) is 88.3 Å². The number of nitrogens with zero attached hydrogens (tertiary/aromatic N) is 2. The lowest BCUT2D eigenvalue weighted by atomic mass is 10.3. The predicted molar refractivity (Wildman–Crippen MR) is 72.7 cm³/mol. The molecule has 1 fully saturated rings. The SMILES string of the molecule is CO[Si](CN1CCCN(C[Si](OC)OC)C1=O)OC. The van der Waals surface area contributed by atoms with Crippen molar-refractivity contribution in [2.75, 3.05) is 53.9 Å². The van der Waals surface area contributed by atoms with Gasteiger partial charge in [0.2, 0.25) is 0 Å². The molecule has 0 spiro atoms. The molecule has 1 heterocycles. The predicted octanol–water partition coefficient (Wildman–Crippen LogP) is -0.245. The van der Waals surface area contributed by atoms with Crippen LogP contribution in [-0.2, 0) is 17.7 Å². The van der Waals surface area contributed by atoms with E-state index in [2.05, 4.69) is 0 Å². The van der Waals surface area contributed by atoms with E-state index in [0.717, 1.165) is 19.5 Å². The number of amides is 2. The molecule has 0 bridgehead atoms. The highest BCUT2D eigenvalue weighted by atomic mass is 28.3. The summed E-state index contributed by atoms with van der Waals surface area (Å²) in [6.07, 6.45) is 2.01. The van der Waals surface area contributed by atoms with E-state index in [1.165, 1.54) is 0 Å². The Bertz CT molecular complexity index is 253. The van der Waals surface area contributed by atoms with Crippen LogP contribution >= 0.6 is 0 Å². The number of carbonyl (C=O) groups excluding carboxylic acids is 1. The van der Waals surface area contributed by atoms with Crippen molar-refractivity contribution < 1.29 is 22.5 Å². The summed E-state index contributed by atoms with van der Waals surface area (Å²) in [5, 5.41) is 0. The standard InChI is InChI=1S/C10H22N2O5Si2/c1-14-18(15-2)8-11-6-5-7-12(10(11)13)9-19(16-3)17-4/h5-9H2,1-4H3. The van der Waals surface area contributed by atoms with Crippen LogP contribution in [0.5, 0.6) is 0 Å². The van der Waals surface area contributed by atoms with Gasteiger partial charge in [0.25, 0.3) is 0 Å². The summed E-state index contributed by atoms with van der Waals surface area (Å²) in [4.78, 5) is 15.9. The zero-order valence-electron chi connectivity index (χ0n) is 12.0. The molecule has 0 aromatic rings. The third-order valence-corrected chi connectivity index (χ3v) is 6.05. The van der Waals surface area contributed by atoms with Crippen molar-refractivity contribution in [3.63, 3.8) is 0 Å². The van der Waals surface area contributed by atoms with Gasteiger partial charge in [0.05, 0.1) is 12.3 Å². The van der Waals surface area contributed by atoms with Crippen molar-refractivity contribution in [2.45, 2.75) is 6.42 Å². The highest BCUT2D eigenvalue weighted by Crippen LogP contribution is 2.10. The lowest BCUT2D eigenvalue weighted by Gasteiger charge is -2.36. The minimum absolute atomic E-state index is 0.0134. The Hall–Kier alpha value is -0.456. The third kappa shape index (κ3) is 4.86. The van der Waals surface area contributed by atoms with E-state index in [4.69, 9.17) is 17.7 Å². The van der Waals surface area contributed by atoms with Crippen LogP contribution in [0.4, 0.5) is 4.79 Å². The molecule has 9 heteroatoms. The zero-order chi connectivity index (χ0) is 14.3. The molecule has 0 atom stereocenters. The first-order chi connectivity index (χ1) is 9.15. The van der Waals surface area contributed by atoms with Crippen LogP contribution in [0.1, 0.15) is 6.42 Å². The maximum absolute atomic E-state index is 12.3. The Labute approximate surface area is 118 Å². The van der Waals surface area contributed by atoms with Gasteiger partial charge in [-0.2, -0.15) is 0 Å². The van der Waals surface area contributed by atoms with Gasteiger partial charge in [0, 0.05) is 41.5 Å². The smallest absolute Gasteiger partial charge is 0.396 e. The summed E-state index contributed by atoms with van der Waals surface area (Å²) >= 11 is 0. The first-order valence-corrected chi connectivity index (χ1v) is 9.12. The molecule has 19 heavy (non-hydrogen) atoms. The average Bonchev–Trinajstić information content (AvgIpc) is 2.45. The van der Waals surface area contributed by atoms with Crippen molar-refractivity contribution in [3.05, 3.63) is 0 Å². The number of rotatable bonds is 8. The molecule has 0 N–H and O–H groups in total. The van der Waals surface area contributed by atoms with Crippen molar-refractivity contribution in [2.24, 2.45) is 0 Å². The summed E-state index contributed by atoms with van der Waals surface area (Å²) in [5.74, 6) is 0. The molecule has 2 amide bonds. The molecule has 110 valence electrons. The normalized spacial score (nSPS) is 16.8. The van der Waals surface area contributed by atoms with E-state index >= 15 is 0 Å². The number of urea groups is 1. The van der Waals surface area contributed by atoms with Crippen molar-refractivity contribution in [3.8, 4) is 0 Å². The summed E-state index contributed by atoms with van der Waals surface area (Å²) in [6.45, 7) is 1.50. The molecule has 2 radical (unpaired) electrons. The maximum atomic E-state index is 12.3. The Balaban J connectivity index is 2.55. The largest absolute Gasteiger partial charge is 0.405 e. The van der Waals surface area contributed by atoms with Gasteiger partial charge >= 0.3 is 24.6 Å². The van der Waals surface area contributed by atoms with Crippen LogP contribution in [0, 0.1) is 0 Å². The molecule has 1 rings (SSSR count). The van der Waals surface area contributed by atoms with Gasteiger partial charge in [-0.15, -0.1) is 0 Å². The third-order valence-electron chi connectivity index (χ3n) is 2.95. The lowest BCUT2D eigenvalue weighted by Crippen LogP contribution is -2.55. The molecule has 0 saturated carbocycles. The lowest BCUT2D eigenvalue weighted by molar-refractivity contribution is 0.132. The Morgan fingerprint density at radius 3 is 1.58 bits per heavy atom. The molecular weight excluding hydrogens is 284 g/mol. The first-order valence-electron chi connectivity index (χ1n) is 6.07. The number of hydrogen-bond acceptors (Lipinski definition) is 5. The van der Waals surface area contributed by atoms with Gasteiger partial charge in [0.1, 0.15) is 0 Å². The van der Waals surface area contributed by atoms with Crippen LogP contribution < -0.4 is 0 Å². The average molecular weight is 306 g/mol. The summed E-state index contributed by atoms with van der Waals surface area (Å²) in [5.41, 5.74) is 0. The summed E-state index contributed by atoms with van der Waals surface area (Å²) in [6, 6.07) is 0.0134. The van der Waals surface area contributed by atoms with Crippen LogP contribution in [0.15, 0.2) is 0 Å². The monoisotopic (exact) mass is 306 g/mol. The minimum atomic E-state index is -1.39. The molecule has 1 aliphatic heterocycles. The van der Waals surface area contributed by atoms with Gasteiger partial charge in [-0.25, -0.2) is 4.79 Å². The van der Waals surface area contributed by atoms with E-state index in [1.54, 1.807) is 38.2 Å². The Kier molecular flexibility index (Phi) is 7.57. The Morgan fingerprint density at radius 1 is 0.895 bits per heavy atom. The molecule has 7 nitrogen and oxygen atoms in total. The Morgan fingerprint density at radius 2 is 1.26 bits per heavy atom. The molecule has 0 aromatic heterocycles.